The molecular weight excluding hydrogens is 730 g/mol. The van der Waals surface area contributed by atoms with Crippen LogP contribution >= 0.6 is 7.82 Å². The number of hydrogen-bond donors (Lipinski definition) is 1. The van der Waals surface area contributed by atoms with Gasteiger partial charge in [-0.1, -0.05) is 72.8 Å². The number of ether oxygens (including phenoxy) is 1. The van der Waals surface area contributed by atoms with Crippen LogP contribution < -0.4 is 10.1 Å². The van der Waals surface area contributed by atoms with Gasteiger partial charge in [-0.25, -0.2) is 18.9 Å². The summed E-state index contributed by atoms with van der Waals surface area (Å²) in [5.41, 5.74) is 2.95. The minimum absolute atomic E-state index is 0.0313. The van der Waals surface area contributed by atoms with Crippen molar-refractivity contribution in [2.24, 2.45) is 0 Å². The lowest BCUT2D eigenvalue weighted by atomic mass is 9.80. The van der Waals surface area contributed by atoms with Crippen LogP contribution in [0.5, 0.6) is 5.75 Å². The molecule has 1 amide bonds. The molecule has 2 unspecified atom stereocenters. The third kappa shape index (κ3) is 7.11. The second kappa shape index (κ2) is 14.2. The van der Waals surface area contributed by atoms with Gasteiger partial charge in [0.1, 0.15) is 17.2 Å². The van der Waals surface area contributed by atoms with Gasteiger partial charge in [0.15, 0.2) is 5.82 Å². The third-order valence-corrected chi connectivity index (χ3v) is 12.0. The lowest BCUT2D eigenvalue weighted by molar-refractivity contribution is -0.0507. The molecule has 0 spiro atoms. The Kier molecular flexibility index (Phi) is 9.49. The van der Waals surface area contributed by atoms with Crippen LogP contribution in [0.2, 0.25) is 0 Å². The minimum atomic E-state index is -4.21. The second-order valence-corrected chi connectivity index (χ2v) is 16.2. The molecule has 3 atom stereocenters. The number of nitrogens with zero attached hydrogens (tertiary/aromatic N) is 2. The van der Waals surface area contributed by atoms with E-state index in [2.05, 4.69) is 15.3 Å². The van der Waals surface area contributed by atoms with E-state index in [-0.39, 0.29) is 47.7 Å². The van der Waals surface area contributed by atoms with Gasteiger partial charge in [-0.15, -0.1) is 0 Å². The van der Waals surface area contributed by atoms with Crippen molar-refractivity contribution in [1.29, 1.82) is 0 Å². The molecule has 1 saturated carbocycles. The molecule has 1 N–H and O–H groups in total. The first-order chi connectivity index (χ1) is 26.3. The zero-order chi connectivity index (χ0) is 38.5. The highest BCUT2D eigenvalue weighted by molar-refractivity contribution is 7.48. The molecule has 9 nitrogen and oxygen atoms in total. The first kappa shape index (κ1) is 36.8. The van der Waals surface area contributed by atoms with E-state index >= 15 is 4.39 Å². The van der Waals surface area contributed by atoms with Crippen molar-refractivity contribution in [3.8, 4) is 16.9 Å². The Hall–Kier alpha value is -5.13. The van der Waals surface area contributed by atoms with Crippen LogP contribution in [0.1, 0.15) is 83.0 Å². The van der Waals surface area contributed by atoms with Crippen molar-refractivity contribution in [3.05, 3.63) is 154 Å². The van der Waals surface area contributed by atoms with E-state index in [4.69, 9.17) is 18.3 Å². The molecule has 0 radical (unpaired) electrons. The number of carbonyl (C=O) groups excluding carboxylic acids is 1. The van der Waals surface area contributed by atoms with E-state index in [0.717, 1.165) is 22.3 Å². The van der Waals surface area contributed by atoms with Gasteiger partial charge in [0.05, 0.1) is 18.8 Å². The number of phosphoric ester groups is 1. The van der Waals surface area contributed by atoms with Crippen molar-refractivity contribution < 1.29 is 40.8 Å². The Morgan fingerprint density at radius 3 is 2.16 bits per heavy atom. The molecule has 0 saturated heterocycles. The number of fused-ring (bicyclic) bond motifs is 9. The molecule has 5 aromatic rings. The molecule has 55 heavy (non-hydrogen) atoms. The molecule has 2 heterocycles. The van der Waals surface area contributed by atoms with Gasteiger partial charge in [-0.05, 0) is 79.3 Å². The van der Waals surface area contributed by atoms with Gasteiger partial charge in [-0.2, -0.15) is 8.78 Å². The van der Waals surface area contributed by atoms with Crippen LogP contribution in [0.4, 0.5) is 13.2 Å². The highest BCUT2D eigenvalue weighted by Crippen LogP contribution is 2.62. The SMILES string of the molecule is CC12C[C@@H](c3c(OC(F)F)cccc3C(=O)N1)C1C2=Cc2cc(F)c(-c3cnc(C(C)(C)OP(=O)(OCc4ccccc4)OCc4ccccc4)nc3)cc21. The van der Waals surface area contributed by atoms with E-state index in [0.29, 0.717) is 23.1 Å². The fourth-order valence-electron chi connectivity index (χ4n) is 7.93. The van der Waals surface area contributed by atoms with E-state index in [9.17, 15) is 18.1 Å². The highest BCUT2D eigenvalue weighted by Gasteiger charge is 2.54. The summed E-state index contributed by atoms with van der Waals surface area (Å²) in [7, 11) is -4.21. The number of benzene rings is 4. The van der Waals surface area contributed by atoms with E-state index in [1.807, 2.05) is 73.7 Å². The summed E-state index contributed by atoms with van der Waals surface area (Å²) in [5.74, 6) is -1.54. The molecule has 2 bridgehead atoms. The van der Waals surface area contributed by atoms with E-state index in [1.54, 1.807) is 26.0 Å². The summed E-state index contributed by atoms with van der Waals surface area (Å²) in [6.45, 7) is 2.04. The Bertz CT molecular complexity index is 2300. The number of aromatic nitrogens is 2. The topological polar surface area (TPSA) is 109 Å². The summed E-state index contributed by atoms with van der Waals surface area (Å²) in [6, 6.07) is 26.2. The largest absolute Gasteiger partial charge is 0.476 e. The van der Waals surface area contributed by atoms with Gasteiger partial charge in [0.25, 0.3) is 5.91 Å². The first-order valence-electron chi connectivity index (χ1n) is 17.8. The summed E-state index contributed by atoms with van der Waals surface area (Å²) in [6.07, 6.45) is 5.25. The number of amides is 1. The maximum Gasteiger partial charge on any atom is 0.476 e. The van der Waals surface area contributed by atoms with E-state index < -0.39 is 37.3 Å². The van der Waals surface area contributed by atoms with Crippen molar-refractivity contribution in [2.45, 2.75) is 70.0 Å². The average Bonchev–Trinajstić information content (AvgIpc) is 3.63. The van der Waals surface area contributed by atoms with Crippen molar-refractivity contribution >= 4 is 19.8 Å². The molecular formula is C42H37F3N3O6P. The summed E-state index contributed by atoms with van der Waals surface area (Å²) in [5, 5.41) is 3.11. The summed E-state index contributed by atoms with van der Waals surface area (Å²) >= 11 is 0. The molecule has 13 heteroatoms. The monoisotopic (exact) mass is 767 g/mol. The average molecular weight is 768 g/mol. The Labute approximate surface area is 316 Å². The standard InChI is InChI=1S/C42H37F3N3O6P/c1-41(2,54-55(50,51-23-25-11-6-4-7-12-25)52-24-26-13-8-5-9-14-26)39-46-21-28(22-47-39)30-19-31-27(18-34(30)43)17-33-36(31)32-20-42(33,3)48-38(49)29-15-10-16-35(37(29)32)53-40(44)45/h4-19,21-22,32,36,40H,20,23-24H2,1-3H3,(H,48,49)/t32-,36?,42?/m1/s1. The van der Waals surface area contributed by atoms with Crippen LogP contribution in [-0.2, 0) is 37.0 Å². The van der Waals surface area contributed by atoms with Crippen LogP contribution in [0, 0.1) is 5.82 Å². The number of nitrogens with one attached hydrogen (secondary N) is 1. The summed E-state index contributed by atoms with van der Waals surface area (Å²) < 4.78 is 79.8. The van der Waals surface area contributed by atoms with Crippen LogP contribution in [0.15, 0.2) is 109 Å². The maximum absolute atomic E-state index is 15.9. The van der Waals surface area contributed by atoms with E-state index in [1.165, 1.54) is 30.6 Å². The lowest BCUT2D eigenvalue weighted by Gasteiger charge is -2.29. The summed E-state index contributed by atoms with van der Waals surface area (Å²) in [4.78, 5) is 22.4. The fourth-order valence-corrected chi connectivity index (χ4v) is 9.37. The maximum atomic E-state index is 15.9. The van der Waals surface area contributed by atoms with Gasteiger partial charge in [-0.3, -0.25) is 18.4 Å². The van der Waals surface area contributed by atoms with Crippen molar-refractivity contribution in [1.82, 2.24) is 15.3 Å². The van der Waals surface area contributed by atoms with Crippen LogP contribution in [0.3, 0.4) is 0 Å². The quantitative estimate of drug-likeness (QED) is 0.125. The Morgan fingerprint density at radius 2 is 1.55 bits per heavy atom. The second-order valence-electron chi connectivity index (χ2n) is 14.6. The molecule has 4 aromatic carbocycles. The minimum Gasteiger partial charge on any atom is -0.435 e. The van der Waals surface area contributed by atoms with Gasteiger partial charge in [0, 0.05) is 46.5 Å². The normalized spacial score (nSPS) is 20.0. The molecule has 2 aliphatic carbocycles. The zero-order valence-corrected chi connectivity index (χ0v) is 31.1. The number of carbonyl (C=O) groups is 1. The lowest BCUT2D eigenvalue weighted by Crippen LogP contribution is -2.44. The molecule has 1 fully saturated rings. The predicted octanol–water partition coefficient (Wildman–Crippen LogP) is 9.85. The molecule has 282 valence electrons. The Balaban J connectivity index is 1.08. The number of hydrogen-bond acceptors (Lipinski definition) is 8. The Morgan fingerprint density at radius 1 is 0.909 bits per heavy atom. The number of phosphoric acid groups is 1. The fraction of sp³-hybridized carbons (Fsp3) is 0.262. The first-order valence-corrected chi connectivity index (χ1v) is 19.2. The number of rotatable bonds is 12. The smallest absolute Gasteiger partial charge is 0.435 e. The molecule has 1 aliphatic heterocycles. The van der Waals surface area contributed by atoms with Crippen LogP contribution in [-0.4, -0.2) is 28.0 Å². The molecule has 3 aliphatic rings. The van der Waals surface area contributed by atoms with Gasteiger partial charge >= 0.3 is 14.4 Å². The highest BCUT2D eigenvalue weighted by atomic mass is 31.2. The van der Waals surface area contributed by atoms with Gasteiger partial charge < -0.3 is 10.1 Å². The van der Waals surface area contributed by atoms with Crippen molar-refractivity contribution in [3.63, 3.8) is 0 Å². The molecule has 8 rings (SSSR count). The van der Waals surface area contributed by atoms with Crippen LogP contribution in [0.25, 0.3) is 17.2 Å². The number of alkyl halides is 2. The predicted molar refractivity (Wildman–Crippen MR) is 199 cm³/mol. The van der Waals surface area contributed by atoms with Crippen molar-refractivity contribution in [2.75, 3.05) is 0 Å². The van der Waals surface area contributed by atoms with Gasteiger partial charge in [0.2, 0.25) is 0 Å². The zero-order valence-electron chi connectivity index (χ0n) is 30.2. The molecule has 1 aromatic heterocycles. The number of halogens is 3. The third-order valence-electron chi connectivity index (χ3n) is 10.4.